The van der Waals surface area contributed by atoms with E-state index < -0.39 is 29.0 Å². The molecule has 10 heteroatoms. The number of nitrogens with one attached hydrogen (secondary N) is 1. The summed E-state index contributed by atoms with van der Waals surface area (Å²) in [6.45, 7) is 4.85. The largest absolute Gasteiger partial charge is 0.467 e. The lowest BCUT2D eigenvalue weighted by atomic mass is 10.0. The molecule has 0 atom stereocenters. The molecule has 0 unspecified atom stereocenters. The Balaban J connectivity index is 1.64. The highest BCUT2D eigenvalue weighted by atomic mass is 19.1. The molecule has 0 aromatic heterocycles. The topological polar surface area (TPSA) is 86.3 Å². The minimum atomic E-state index is -0.959. The van der Waals surface area contributed by atoms with E-state index in [1.165, 1.54) is 24.3 Å². The summed E-state index contributed by atoms with van der Waals surface area (Å²) in [5, 5.41) is 0.969. The molecule has 0 radical (unpaired) electrons. The Labute approximate surface area is 183 Å². The molecular weight excluding hydrogens is 426 g/mol. The molecule has 0 spiro atoms. The summed E-state index contributed by atoms with van der Waals surface area (Å²) in [7, 11) is 0. The lowest BCUT2D eigenvalue weighted by Crippen LogP contribution is -2.56. The van der Waals surface area contributed by atoms with Gasteiger partial charge in [-0.1, -0.05) is 0 Å². The van der Waals surface area contributed by atoms with Crippen molar-refractivity contribution in [1.82, 2.24) is 10.4 Å². The SMILES string of the molecule is CC(C)(C)N(NC(=O)c1ccc2c(c1F)COCO2)C(=O)c1ccc2c(c1F)COCO2. The molecule has 0 aliphatic carbocycles. The maximum absolute atomic E-state index is 15.1. The van der Waals surface area contributed by atoms with Gasteiger partial charge in [0.2, 0.25) is 0 Å². The highest BCUT2D eigenvalue weighted by Crippen LogP contribution is 2.31. The predicted molar refractivity (Wildman–Crippen MR) is 107 cm³/mol. The Morgan fingerprint density at radius 1 is 0.875 bits per heavy atom. The van der Waals surface area contributed by atoms with E-state index in [0.717, 1.165) is 5.01 Å². The molecule has 1 N–H and O–H groups in total. The van der Waals surface area contributed by atoms with Crippen LogP contribution in [0.4, 0.5) is 8.78 Å². The van der Waals surface area contributed by atoms with Crippen LogP contribution in [0.2, 0.25) is 0 Å². The summed E-state index contributed by atoms with van der Waals surface area (Å²) >= 11 is 0. The second-order valence-electron chi connectivity index (χ2n) is 8.28. The molecule has 2 aliphatic rings. The first kappa shape index (κ1) is 22.0. The zero-order valence-electron chi connectivity index (χ0n) is 17.8. The summed E-state index contributed by atoms with van der Waals surface area (Å²) < 4.78 is 50.6. The number of hydrogen-bond acceptors (Lipinski definition) is 6. The first-order valence-electron chi connectivity index (χ1n) is 9.88. The minimum absolute atomic E-state index is 0.00723. The normalized spacial score (nSPS) is 15.0. The fourth-order valence-electron chi connectivity index (χ4n) is 3.39. The van der Waals surface area contributed by atoms with Crippen molar-refractivity contribution < 1.29 is 37.3 Å². The maximum Gasteiger partial charge on any atom is 0.275 e. The summed E-state index contributed by atoms with van der Waals surface area (Å²) in [5.41, 5.74) is 1.11. The van der Waals surface area contributed by atoms with E-state index in [0.29, 0.717) is 0 Å². The van der Waals surface area contributed by atoms with Crippen molar-refractivity contribution >= 4 is 11.8 Å². The quantitative estimate of drug-likeness (QED) is 0.710. The number of nitrogens with zero attached hydrogens (tertiary/aromatic N) is 1. The molecule has 2 heterocycles. The number of rotatable bonds is 2. The number of carbonyl (C=O) groups is 2. The van der Waals surface area contributed by atoms with Gasteiger partial charge in [-0.15, -0.1) is 0 Å². The molecule has 0 saturated heterocycles. The first-order chi connectivity index (χ1) is 15.2. The van der Waals surface area contributed by atoms with Crippen molar-refractivity contribution in [3.63, 3.8) is 0 Å². The highest BCUT2D eigenvalue weighted by Gasteiger charge is 2.34. The average molecular weight is 448 g/mol. The van der Waals surface area contributed by atoms with E-state index in [1.54, 1.807) is 20.8 Å². The van der Waals surface area contributed by atoms with Gasteiger partial charge in [0.1, 0.15) is 23.1 Å². The van der Waals surface area contributed by atoms with Gasteiger partial charge in [0.25, 0.3) is 11.8 Å². The number of benzene rings is 2. The van der Waals surface area contributed by atoms with Crippen molar-refractivity contribution in [1.29, 1.82) is 0 Å². The molecular formula is C22H22F2N2O6. The second-order valence-corrected chi connectivity index (χ2v) is 8.28. The number of carbonyl (C=O) groups excluding carboxylic acids is 2. The number of ether oxygens (including phenoxy) is 4. The summed E-state index contributed by atoms with van der Waals surface area (Å²) in [6.07, 6.45) is 0. The smallest absolute Gasteiger partial charge is 0.275 e. The summed E-state index contributed by atoms with van der Waals surface area (Å²) in [4.78, 5) is 26.1. The van der Waals surface area contributed by atoms with Crippen LogP contribution in [0.1, 0.15) is 52.6 Å². The summed E-state index contributed by atoms with van der Waals surface area (Å²) in [6, 6.07) is 5.47. The molecule has 2 aromatic carbocycles. The van der Waals surface area contributed by atoms with Crippen LogP contribution in [0.5, 0.6) is 11.5 Å². The molecule has 8 nitrogen and oxygen atoms in total. The van der Waals surface area contributed by atoms with Crippen LogP contribution in [0.3, 0.4) is 0 Å². The van der Waals surface area contributed by atoms with Gasteiger partial charge in [-0.2, -0.15) is 0 Å². The molecule has 0 saturated carbocycles. The van der Waals surface area contributed by atoms with Crippen molar-refractivity contribution in [3.8, 4) is 11.5 Å². The molecule has 0 bridgehead atoms. The van der Waals surface area contributed by atoms with Gasteiger partial charge in [-0.25, -0.2) is 13.8 Å². The van der Waals surface area contributed by atoms with Gasteiger partial charge in [-0.3, -0.25) is 15.0 Å². The van der Waals surface area contributed by atoms with Gasteiger partial charge in [0.15, 0.2) is 13.6 Å². The number of amides is 2. The molecule has 170 valence electrons. The maximum atomic E-state index is 15.1. The third kappa shape index (κ3) is 3.98. The van der Waals surface area contributed by atoms with E-state index in [-0.39, 0.29) is 60.6 Å². The van der Waals surface area contributed by atoms with Gasteiger partial charge in [0, 0.05) is 0 Å². The van der Waals surface area contributed by atoms with Gasteiger partial charge >= 0.3 is 0 Å². The third-order valence-electron chi connectivity index (χ3n) is 5.05. The Bertz CT molecular complexity index is 1080. The molecule has 4 rings (SSSR count). The number of halogens is 2. The molecule has 2 aromatic rings. The van der Waals surface area contributed by atoms with Crippen LogP contribution in [0.15, 0.2) is 24.3 Å². The monoisotopic (exact) mass is 448 g/mol. The Morgan fingerprint density at radius 3 is 1.91 bits per heavy atom. The third-order valence-corrected chi connectivity index (χ3v) is 5.05. The summed E-state index contributed by atoms with van der Waals surface area (Å²) in [5.74, 6) is -2.71. The number of fused-ring (bicyclic) bond motifs is 2. The van der Waals surface area contributed by atoms with E-state index in [2.05, 4.69) is 5.43 Å². The second kappa shape index (κ2) is 8.36. The van der Waals surface area contributed by atoms with Crippen LogP contribution < -0.4 is 14.9 Å². The molecule has 0 fully saturated rings. The van der Waals surface area contributed by atoms with E-state index in [4.69, 9.17) is 18.9 Å². The van der Waals surface area contributed by atoms with E-state index >= 15 is 4.39 Å². The van der Waals surface area contributed by atoms with Gasteiger partial charge in [-0.05, 0) is 45.0 Å². The van der Waals surface area contributed by atoms with Gasteiger partial charge in [0.05, 0.1) is 41.0 Å². The molecule has 32 heavy (non-hydrogen) atoms. The Morgan fingerprint density at radius 2 is 1.38 bits per heavy atom. The Kier molecular flexibility index (Phi) is 5.74. The van der Waals surface area contributed by atoms with Gasteiger partial charge < -0.3 is 18.9 Å². The zero-order chi connectivity index (χ0) is 23.0. The zero-order valence-corrected chi connectivity index (χ0v) is 17.8. The van der Waals surface area contributed by atoms with Crippen LogP contribution in [0.25, 0.3) is 0 Å². The lowest BCUT2D eigenvalue weighted by molar-refractivity contribution is -0.0186. The van der Waals surface area contributed by atoms with E-state index in [9.17, 15) is 14.0 Å². The Hall–Kier alpha value is -3.24. The lowest BCUT2D eigenvalue weighted by Gasteiger charge is -2.36. The van der Waals surface area contributed by atoms with Crippen molar-refractivity contribution in [2.75, 3.05) is 13.6 Å². The van der Waals surface area contributed by atoms with Crippen LogP contribution in [0, 0.1) is 11.6 Å². The van der Waals surface area contributed by atoms with Crippen molar-refractivity contribution in [2.24, 2.45) is 0 Å². The fraction of sp³-hybridized carbons (Fsp3) is 0.364. The highest BCUT2D eigenvalue weighted by molar-refractivity contribution is 6.00. The first-order valence-corrected chi connectivity index (χ1v) is 9.88. The van der Waals surface area contributed by atoms with Crippen LogP contribution >= 0.6 is 0 Å². The number of hydrogen-bond donors (Lipinski definition) is 1. The predicted octanol–water partition coefficient (Wildman–Crippen LogP) is 3.28. The average Bonchev–Trinajstić information content (AvgIpc) is 2.77. The molecule has 2 aliphatic heterocycles. The number of hydrazine groups is 1. The minimum Gasteiger partial charge on any atom is -0.467 e. The fourth-order valence-corrected chi connectivity index (χ4v) is 3.39. The standard InChI is InChI=1S/C22H22F2N2O6/c1-22(2,3)26(21(28)13-5-7-17-15(19(13)24)9-30-11-32-17)25-20(27)12-4-6-16-14(18(12)23)8-29-10-31-16/h4-7H,8-11H2,1-3H3,(H,25,27). The molecule has 2 amide bonds. The van der Waals surface area contributed by atoms with Crippen molar-refractivity contribution in [3.05, 3.63) is 58.2 Å². The van der Waals surface area contributed by atoms with Crippen LogP contribution in [-0.2, 0) is 22.7 Å². The van der Waals surface area contributed by atoms with E-state index in [1.807, 2.05) is 0 Å². The van der Waals surface area contributed by atoms with Crippen molar-refractivity contribution in [2.45, 2.75) is 39.5 Å². The van der Waals surface area contributed by atoms with Crippen LogP contribution in [-0.4, -0.2) is 35.9 Å².